The highest BCUT2D eigenvalue weighted by molar-refractivity contribution is 7.92. The number of rotatable bonds is 4. The first-order valence-electron chi connectivity index (χ1n) is 6.93. The van der Waals surface area contributed by atoms with Gasteiger partial charge in [-0.15, -0.1) is 0 Å². The predicted octanol–water partition coefficient (Wildman–Crippen LogP) is 3.60. The number of sulfonamides is 1. The fourth-order valence-corrected chi connectivity index (χ4v) is 3.24. The Bertz CT molecular complexity index is 908. The molecule has 0 saturated carbocycles. The summed E-state index contributed by atoms with van der Waals surface area (Å²) < 4.78 is 69.7. The predicted molar refractivity (Wildman–Crippen MR) is 84.8 cm³/mol. The van der Waals surface area contributed by atoms with Crippen LogP contribution in [0.5, 0.6) is 0 Å². The highest BCUT2D eigenvalue weighted by Gasteiger charge is 2.31. The minimum atomic E-state index is -4.65. The lowest BCUT2D eigenvalue weighted by atomic mass is 10.1. The summed E-state index contributed by atoms with van der Waals surface area (Å²) in [7, 11) is -3.01. The molecule has 0 radical (unpaired) electrons. The van der Waals surface area contributed by atoms with Crippen LogP contribution in [0.3, 0.4) is 0 Å². The minimum absolute atomic E-state index is 0.144. The first-order valence-corrected chi connectivity index (χ1v) is 8.42. The van der Waals surface area contributed by atoms with Crippen LogP contribution in [0.2, 0.25) is 0 Å². The molecule has 9 heteroatoms. The fraction of sp³-hybridized carbons (Fsp3) is 0.188. The van der Waals surface area contributed by atoms with Crippen LogP contribution >= 0.6 is 0 Å². The average molecular weight is 373 g/mol. The summed E-state index contributed by atoms with van der Waals surface area (Å²) in [6, 6.07) is 7.53. The van der Waals surface area contributed by atoms with Gasteiger partial charge in [-0.3, -0.25) is 4.72 Å². The van der Waals surface area contributed by atoms with Crippen molar-refractivity contribution < 1.29 is 31.1 Å². The van der Waals surface area contributed by atoms with Crippen molar-refractivity contribution in [3.05, 3.63) is 59.2 Å². The van der Waals surface area contributed by atoms with Crippen molar-refractivity contribution >= 4 is 21.7 Å². The Hall–Kier alpha value is -2.55. The van der Waals surface area contributed by atoms with Gasteiger partial charge in [0.15, 0.2) is 0 Å². The molecule has 2 aromatic rings. The molecule has 0 heterocycles. The molecule has 0 bridgehead atoms. The fourth-order valence-electron chi connectivity index (χ4n) is 2.07. The number of aryl methyl sites for hydroxylation is 1. The van der Waals surface area contributed by atoms with Crippen molar-refractivity contribution in [1.29, 1.82) is 0 Å². The van der Waals surface area contributed by atoms with Crippen molar-refractivity contribution in [1.82, 2.24) is 0 Å². The second-order valence-corrected chi connectivity index (χ2v) is 6.83. The molecule has 0 aliphatic carbocycles. The topological polar surface area (TPSA) is 72.5 Å². The maximum Gasteiger partial charge on any atom is 0.416 e. The highest BCUT2D eigenvalue weighted by atomic mass is 32.2. The van der Waals surface area contributed by atoms with Crippen molar-refractivity contribution in [3.63, 3.8) is 0 Å². The van der Waals surface area contributed by atoms with Gasteiger partial charge in [-0.05, 0) is 48.9 Å². The van der Waals surface area contributed by atoms with E-state index in [0.29, 0.717) is 11.6 Å². The third-order valence-electron chi connectivity index (χ3n) is 3.36. The number of alkyl halides is 3. The first-order chi connectivity index (χ1) is 11.5. The number of carbonyl (C=O) groups is 1. The van der Waals surface area contributed by atoms with Crippen LogP contribution in [0, 0.1) is 6.92 Å². The van der Waals surface area contributed by atoms with Crippen LogP contribution < -0.4 is 4.72 Å². The average Bonchev–Trinajstić information content (AvgIpc) is 2.55. The van der Waals surface area contributed by atoms with Crippen LogP contribution in [0.25, 0.3) is 0 Å². The Balaban J connectivity index is 2.35. The van der Waals surface area contributed by atoms with Crippen LogP contribution in [-0.2, 0) is 20.9 Å². The maximum atomic E-state index is 12.7. The van der Waals surface area contributed by atoms with E-state index in [1.54, 1.807) is 6.92 Å². The standard InChI is InChI=1S/C16H14F3NO4S/c1-10-8-11(15(21)24-2)6-7-14(10)20-25(22,23)13-5-3-4-12(9-13)16(17,18)19/h3-9,20H,1-2H3. The molecule has 0 atom stereocenters. The zero-order valence-electron chi connectivity index (χ0n) is 13.2. The van der Waals surface area contributed by atoms with E-state index in [-0.39, 0.29) is 11.3 Å². The van der Waals surface area contributed by atoms with Gasteiger partial charge in [0.2, 0.25) is 0 Å². The number of carbonyl (C=O) groups excluding carboxylic acids is 1. The van der Waals surface area contributed by atoms with Gasteiger partial charge in [-0.25, -0.2) is 13.2 Å². The molecule has 0 saturated heterocycles. The number of ether oxygens (including phenoxy) is 1. The number of hydrogen-bond acceptors (Lipinski definition) is 4. The number of benzene rings is 2. The summed E-state index contributed by atoms with van der Waals surface area (Å²) in [5.74, 6) is -0.588. The summed E-state index contributed by atoms with van der Waals surface area (Å²) >= 11 is 0. The van der Waals surface area contributed by atoms with E-state index < -0.39 is 32.6 Å². The molecule has 0 spiro atoms. The molecule has 1 N–H and O–H groups in total. The van der Waals surface area contributed by atoms with Gasteiger partial charge in [-0.1, -0.05) is 6.07 Å². The Morgan fingerprint density at radius 3 is 2.36 bits per heavy atom. The monoisotopic (exact) mass is 373 g/mol. The van der Waals surface area contributed by atoms with Crippen molar-refractivity contribution in [2.45, 2.75) is 18.0 Å². The van der Waals surface area contributed by atoms with Gasteiger partial charge in [0, 0.05) is 0 Å². The molecule has 134 valence electrons. The molecule has 0 aliphatic rings. The van der Waals surface area contributed by atoms with Gasteiger partial charge in [0.25, 0.3) is 10.0 Å². The van der Waals surface area contributed by atoms with E-state index in [9.17, 15) is 26.4 Å². The summed E-state index contributed by atoms with van der Waals surface area (Å²) in [6.45, 7) is 1.55. The van der Waals surface area contributed by atoms with Gasteiger partial charge in [0.05, 0.1) is 28.8 Å². The number of nitrogens with one attached hydrogen (secondary N) is 1. The number of hydrogen-bond donors (Lipinski definition) is 1. The van der Waals surface area contributed by atoms with E-state index in [1.807, 2.05) is 0 Å². The lowest BCUT2D eigenvalue weighted by Gasteiger charge is -2.13. The number of methoxy groups -OCH3 is 1. The first kappa shape index (κ1) is 18.8. The Labute approximate surface area is 142 Å². The van der Waals surface area contributed by atoms with Crippen molar-refractivity contribution in [2.24, 2.45) is 0 Å². The summed E-state index contributed by atoms with van der Waals surface area (Å²) in [6.07, 6.45) is -4.65. The molecule has 5 nitrogen and oxygen atoms in total. The lowest BCUT2D eigenvalue weighted by Crippen LogP contribution is -2.15. The van der Waals surface area contributed by atoms with E-state index in [4.69, 9.17) is 0 Å². The van der Waals surface area contributed by atoms with E-state index in [0.717, 1.165) is 18.2 Å². The van der Waals surface area contributed by atoms with Crippen LogP contribution in [0.15, 0.2) is 47.4 Å². The van der Waals surface area contributed by atoms with E-state index in [1.165, 1.54) is 25.3 Å². The van der Waals surface area contributed by atoms with E-state index in [2.05, 4.69) is 9.46 Å². The van der Waals surface area contributed by atoms with Crippen molar-refractivity contribution in [2.75, 3.05) is 11.8 Å². The Morgan fingerprint density at radius 2 is 1.80 bits per heavy atom. The molecular formula is C16H14F3NO4S. The molecule has 0 amide bonds. The van der Waals surface area contributed by atoms with Gasteiger partial charge in [0.1, 0.15) is 0 Å². The lowest BCUT2D eigenvalue weighted by molar-refractivity contribution is -0.137. The molecule has 0 unspecified atom stereocenters. The quantitative estimate of drug-likeness (QED) is 0.831. The van der Waals surface area contributed by atoms with Crippen LogP contribution in [-0.4, -0.2) is 21.5 Å². The zero-order chi connectivity index (χ0) is 18.8. The third kappa shape index (κ3) is 4.30. The summed E-state index contributed by atoms with van der Waals surface area (Å²) in [5.41, 5.74) is -0.279. The van der Waals surface area contributed by atoms with Crippen LogP contribution in [0.4, 0.5) is 18.9 Å². The molecule has 0 fully saturated rings. The molecule has 0 aromatic heterocycles. The smallest absolute Gasteiger partial charge is 0.416 e. The second kappa shape index (κ2) is 6.75. The minimum Gasteiger partial charge on any atom is -0.465 e. The van der Waals surface area contributed by atoms with Gasteiger partial charge < -0.3 is 4.74 Å². The second-order valence-electron chi connectivity index (χ2n) is 5.15. The molecule has 2 aromatic carbocycles. The van der Waals surface area contributed by atoms with Crippen molar-refractivity contribution in [3.8, 4) is 0 Å². The van der Waals surface area contributed by atoms with Gasteiger partial charge >= 0.3 is 12.1 Å². The molecule has 25 heavy (non-hydrogen) atoms. The SMILES string of the molecule is COC(=O)c1ccc(NS(=O)(=O)c2cccc(C(F)(F)F)c2)c(C)c1. The molecule has 2 rings (SSSR count). The van der Waals surface area contributed by atoms with E-state index >= 15 is 0 Å². The summed E-state index contributed by atoms with van der Waals surface area (Å²) in [4.78, 5) is 10.9. The normalized spacial score (nSPS) is 11.9. The number of esters is 1. The highest BCUT2D eigenvalue weighted by Crippen LogP contribution is 2.31. The largest absolute Gasteiger partial charge is 0.465 e. The Morgan fingerprint density at radius 1 is 1.12 bits per heavy atom. The Kier molecular flexibility index (Phi) is 5.07. The number of anilines is 1. The third-order valence-corrected chi connectivity index (χ3v) is 4.73. The van der Waals surface area contributed by atoms with Gasteiger partial charge in [-0.2, -0.15) is 13.2 Å². The summed E-state index contributed by atoms with van der Waals surface area (Å²) in [5, 5.41) is 0. The maximum absolute atomic E-state index is 12.7. The zero-order valence-corrected chi connectivity index (χ0v) is 14.0. The number of halogens is 3. The molecular weight excluding hydrogens is 359 g/mol. The van der Waals surface area contributed by atoms with Crippen LogP contribution in [0.1, 0.15) is 21.5 Å². The molecule has 0 aliphatic heterocycles.